The fourth-order valence-electron chi connectivity index (χ4n) is 6.65. The highest BCUT2D eigenvalue weighted by Crippen LogP contribution is 2.44. The van der Waals surface area contributed by atoms with Crippen molar-refractivity contribution in [1.29, 1.82) is 0 Å². The minimum absolute atomic E-state index is 0.276. The average molecular weight is 456 g/mol. The van der Waals surface area contributed by atoms with Gasteiger partial charge in [-0.15, -0.1) is 0 Å². The number of piperidine rings is 2. The van der Waals surface area contributed by atoms with Gasteiger partial charge in [-0.3, -0.25) is 9.78 Å². The first-order valence-corrected chi connectivity index (χ1v) is 12.8. The largest absolute Gasteiger partial charge is 0.341 e. The van der Waals surface area contributed by atoms with Gasteiger partial charge < -0.3 is 9.80 Å². The average Bonchev–Trinajstić information content (AvgIpc) is 3.14. The SMILES string of the molecule is CC1(C(=O)N2C3CCC2CC(Cc2cccc4cnccc24)C3)CCN(c2ncccn2)CC1. The Morgan fingerprint density at radius 1 is 1.00 bits per heavy atom. The van der Waals surface area contributed by atoms with Gasteiger partial charge in [0, 0.05) is 60.8 Å². The van der Waals surface area contributed by atoms with Crippen LogP contribution in [0.3, 0.4) is 0 Å². The van der Waals surface area contributed by atoms with Crippen LogP contribution in [0.5, 0.6) is 0 Å². The van der Waals surface area contributed by atoms with Crippen molar-refractivity contribution in [2.24, 2.45) is 11.3 Å². The summed E-state index contributed by atoms with van der Waals surface area (Å²) in [6.07, 6.45) is 14.8. The number of benzene rings is 1. The van der Waals surface area contributed by atoms with Gasteiger partial charge in [-0.05, 0) is 73.9 Å². The van der Waals surface area contributed by atoms with Gasteiger partial charge in [0.05, 0.1) is 0 Å². The summed E-state index contributed by atoms with van der Waals surface area (Å²) in [4.78, 5) is 31.5. The fraction of sp³-hybridized carbons (Fsp3) is 0.500. The summed E-state index contributed by atoms with van der Waals surface area (Å²) in [6.45, 7) is 3.87. The second-order valence-corrected chi connectivity index (χ2v) is 10.7. The lowest BCUT2D eigenvalue weighted by Crippen LogP contribution is -2.55. The van der Waals surface area contributed by atoms with E-state index in [1.807, 2.05) is 18.5 Å². The molecule has 0 radical (unpaired) electrons. The first-order chi connectivity index (χ1) is 16.6. The summed E-state index contributed by atoms with van der Waals surface area (Å²) in [7, 11) is 0. The van der Waals surface area contributed by atoms with Gasteiger partial charge >= 0.3 is 0 Å². The van der Waals surface area contributed by atoms with Crippen molar-refractivity contribution in [3.05, 3.63) is 60.7 Å². The van der Waals surface area contributed by atoms with Crippen LogP contribution in [0.15, 0.2) is 55.1 Å². The Kier molecular flexibility index (Phi) is 5.47. The van der Waals surface area contributed by atoms with Gasteiger partial charge in [0.25, 0.3) is 0 Å². The van der Waals surface area contributed by atoms with Crippen molar-refractivity contribution in [2.45, 2.75) is 64.0 Å². The number of hydrogen-bond donors (Lipinski definition) is 0. The molecular weight excluding hydrogens is 422 g/mol. The highest BCUT2D eigenvalue weighted by molar-refractivity contribution is 5.85. The third-order valence-electron chi connectivity index (χ3n) is 8.56. The van der Waals surface area contributed by atoms with E-state index in [1.165, 1.54) is 16.3 Å². The zero-order chi connectivity index (χ0) is 23.1. The summed E-state index contributed by atoms with van der Waals surface area (Å²) >= 11 is 0. The molecule has 176 valence electrons. The van der Waals surface area contributed by atoms with Crippen LogP contribution in [0.2, 0.25) is 0 Å². The van der Waals surface area contributed by atoms with Gasteiger partial charge in [-0.25, -0.2) is 9.97 Å². The Morgan fingerprint density at radius 2 is 1.74 bits per heavy atom. The predicted molar refractivity (Wildman–Crippen MR) is 133 cm³/mol. The van der Waals surface area contributed by atoms with Crippen LogP contribution in [0.4, 0.5) is 5.95 Å². The van der Waals surface area contributed by atoms with E-state index in [9.17, 15) is 4.79 Å². The third-order valence-corrected chi connectivity index (χ3v) is 8.56. The number of amides is 1. The van der Waals surface area contributed by atoms with Crippen molar-refractivity contribution in [2.75, 3.05) is 18.0 Å². The second-order valence-electron chi connectivity index (χ2n) is 10.7. The molecule has 34 heavy (non-hydrogen) atoms. The van der Waals surface area contributed by atoms with Gasteiger partial charge in [0.1, 0.15) is 0 Å². The molecule has 0 spiro atoms. The maximum Gasteiger partial charge on any atom is 0.229 e. The molecule has 1 amide bonds. The van der Waals surface area contributed by atoms with Crippen LogP contribution < -0.4 is 4.90 Å². The van der Waals surface area contributed by atoms with E-state index in [0.29, 0.717) is 23.9 Å². The molecule has 0 N–H and O–H groups in total. The number of nitrogens with zero attached hydrogens (tertiary/aromatic N) is 5. The maximum absolute atomic E-state index is 13.9. The zero-order valence-corrected chi connectivity index (χ0v) is 19.9. The summed E-state index contributed by atoms with van der Waals surface area (Å²) in [5.41, 5.74) is 1.15. The quantitative estimate of drug-likeness (QED) is 0.573. The molecule has 5 heterocycles. The highest BCUT2D eigenvalue weighted by atomic mass is 16.2. The molecule has 6 rings (SSSR count). The second kappa shape index (κ2) is 8.64. The van der Waals surface area contributed by atoms with Gasteiger partial charge in [-0.1, -0.05) is 25.1 Å². The molecule has 3 saturated heterocycles. The third kappa shape index (κ3) is 3.83. The monoisotopic (exact) mass is 455 g/mol. The Balaban J connectivity index is 1.13. The smallest absolute Gasteiger partial charge is 0.229 e. The van der Waals surface area contributed by atoms with Crippen LogP contribution in [0, 0.1) is 11.3 Å². The van der Waals surface area contributed by atoms with Crippen LogP contribution in [0.1, 0.15) is 51.0 Å². The molecule has 0 saturated carbocycles. The normalized spacial score (nSPS) is 26.1. The number of rotatable bonds is 4. The van der Waals surface area contributed by atoms with Crippen LogP contribution in [-0.2, 0) is 11.2 Å². The maximum atomic E-state index is 13.9. The fourth-order valence-corrected chi connectivity index (χ4v) is 6.65. The molecule has 3 aromatic rings. The molecule has 1 aromatic carbocycles. The highest BCUT2D eigenvalue weighted by Gasteiger charge is 2.49. The number of carbonyl (C=O) groups is 1. The number of anilines is 1. The molecule has 2 bridgehead atoms. The van der Waals surface area contributed by atoms with E-state index in [0.717, 1.165) is 64.0 Å². The Morgan fingerprint density at radius 3 is 2.47 bits per heavy atom. The standard InChI is InChI=1S/C28H33N5O/c1-28(9-14-32(15-10-28)27-30-11-3-12-31-27)26(34)33-23-6-7-24(33)18-20(17-23)16-21-4-2-5-22-19-29-13-8-25(21)22/h2-5,8,11-13,19-20,23-24H,6-7,9-10,14-18H2,1H3. The number of fused-ring (bicyclic) bond motifs is 3. The van der Waals surface area contributed by atoms with Crippen molar-refractivity contribution >= 4 is 22.6 Å². The molecule has 6 heteroatoms. The Bertz CT molecular complexity index is 1150. The van der Waals surface area contributed by atoms with Crippen LogP contribution >= 0.6 is 0 Å². The summed E-state index contributed by atoms with van der Waals surface area (Å²) in [5.74, 6) is 1.82. The van der Waals surface area contributed by atoms with Crippen LogP contribution in [0.25, 0.3) is 10.8 Å². The number of hydrogen-bond acceptors (Lipinski definition) is 5. The van der Waals surface area contributed by atoms with E-state index in [1.54, 1.807) is 12.4 Å². The molecule has 2 unspecified atom stereocenters. The van der Waals surface area contributed by atoms with E-state index < -0.39 is 0 Å². The van der Waals surface area contributed by atoms with Crippen molar-refractivity contribution in [3.63, 3.8) is 0 Å². The lowest BCUT2D eigenvalue weighted by atomic mass is 9.77. The number of pyridine rings is 1. The Labute approximate surface area is 201 Å². The molecule has 3 fully saturated rings. The zero-order valence-electron chi connectivity index (χ0n) is 19.9. The molecule has 3 aliphatic rings. The first kappa shape index (κ1) is 21.5. The predicted octanol–water partition coefficient (Wildman–Crippen LogP) is 4.64. The van der Waals surface area contributed by atoms with Crippen molar-refractivity contribution in [3.8, 4) is 0 Å². The topological polar surface area (TPSA) is 62.2 Å². The lowest BCUT2D eigenvalue weighted by Gasteiger charge is -2.46. The van der Waals surface area contributed by atoms with Gasteiger partial charge in [0.2, 0.25) is 11.9 Å². The molecule has 2 atom stereocenters. The van der Waals surface area contributed by atoms with Crippen molar-refractivity contribution < 1.29 is 4.79 Å². The van der Waals surface area contributed by atoms with E-state index in [-0.39, 0.29) is 5.41 Å². The summed E-state index contributed by atoms with van der Waals surface area (Å²) < 4.78 is 0. The molecule has 0 aliphatic carbocycles. The van der Waals surface area contributed by atoms with Crippen LogP contribution in [-0.4, -0.2) is 50.9 Å². The molecule has 2 aromatic heterocycles. The first-order valence-electron chi connectivity index (χ1n) is 12.8. The van der Waals surface area contributed by atoms with Gasteiger partial charge in [-0.2, -0.15) is 0 Å². The van der Waals surface area contributed by atoms with E-state index >= 15 is 0 Å². The lowest BCUT2D eigenvalue weighted by molar-refractivity contribution is -0.148. The van der Waals surface area contributed by atoms with E-state index in [2.05, 4.69) is 55.9 Å². The summed E-state index contributed by atoms with van der Waals surface area (Å²) in [5, 5.41) is 2.54. The van der Waals surface area contributed by atoms with E-state index in [4.69, 9.17) is 0 Å². The number of aromatic nitrogens is 3. The summed E-state index contributed by atoms with van der Waals surface area (Å²) in [6, 6.07) is 11.4. The minimum Gasteiger partial charge on any atom is -0.341 e. The molecule has 6 nitrogen and oxygen atoms in total. The van der Waals surface area contributed by atoms with Gasteiger partial charge in [0.15, 0.2) is 0 Å². The molecule has 3 aliphatic heterocycles. The number of carbonyl (C=O) groups excluding carboxylic acids is 1. The van der Waals surface area contributed by atoms with Crippen molar-refractivity contribution in [1.82, 2.24) is 19.9 Å². The molecular formula is C28H33N5O. The Hall–Kier alpha value is -3.02. The minimum atomic E-state index is -0.276.